The molecular formula is C11H22N2O2. The maximum atomic E-state index is 11.9. The van der Waals surface area contributed by atoms with Gasteiger partial charge in [-0.1, -0.05) is 6.92 Å². The molecule has 0 spiro atoms. The highest BCUT2D eigenvalue weighted by molar-refractivity contribution is 5.77. The highest BCUT2D eigenvalue weighted by Gasteiger charge is 2.26. The van der Waals surface area contributed by atoms with Gasteiger partial charge in [0.15, 0.2) is 0 Å². The molecule has 1 fully saturated rings. The molecule has 3 N–H and O–H groups in total. The number of carbonyl (C=O) groups is 1. The summed E-state index contributed by atoms with van der Waals surface area (Å²) in [6.45, 7) is 2.84. The monoisotopic (exact) mass is 214 g/mol. The predicted molar refractivity (Wildman–Crippen MR) is 59.3 cm³/mol. The van der Waals surface area contributed by atoms with Crippen LogP contribution in [0.2, 0.25) is 0 Å². The van der Waals surface area contributed by atoms with Gasteiger partial charge in [-0.15, -0.1) is 0 Å². The Morgan fingerprint density at radius 3 is 2.93 bits per heavy atom. The smallest absolute Gasteiger partial charge is 0.224 e. The van der Waals surface area contributed by atoms with E-state index >= 15 is 0 Å². The highest BCUT2D eigenvalue weighted by atomic mass is 16.3. The summed E-state index contributed by atoms with van der Waals surface area (Å²) in [6, 6.07) is -0.0194. The average molecular weight is 214 g/mol. The van der Waals surface area contributed by atoms with E-state index in [4.69, 9.17) is 5.73 Å². The van der Waals surface area contributed by atoms with Crippen LogP contribution in [0.1, 0.15) is 39.0 Å². The first kappa shape index (κ1) is 12.5. The van der Waals surface area contributed by atoms with E-state index in [1.807, 2.05) is 6.92 Å². The van der Waals surface area contributed by atoms with Crippen LogP contribution in [-0.2, 0) is 4.79 Å². The normalized spacial score (nSPS) is 23.9. The lowest BCUT2D eigenvalue weighted by Gasteiger charge is -2.35. The number of carbonyl (C=O) groups excluding carboxylic acids is 1. The summed E-state index contributed by atoms with van der Waals surface area (Å²) in [7, 11) is 0. The summed E-state index contributed by atoms with van der Waals surface area (Å²) in [5.41, 5.74) is 5.76. The standard InChI is InChI=1S/C11H22N2O2/c1-2-9(12)7-11(15)13-6-4-3-5-10(13)8-14/h9-10,14H,2-8,12H2,1H3. The van der Waals surface area contributed by atoms with Crippen LogP contribution in [0.25, 0.3) is 0 Å². The minimum absolute atomic E-state index is 0.0234. The summed E-state index contributed by atoms with van der Waals surface area (Å²) < 4.78 is 0. The van der Waals surface area contributed by atoms with Gasteiger partial charge in [0.2, 0.25) is 5.91 Å². The molecule has 0 bridgehead atoms. The molecular weight excluding hydrogens is 192 g/mol. The van der Waals surface area contributed by atoms with Crippen molar-refractivity contribution in [3.05, 3.63) is 0 Å². The van der Waals surface area contributed by atoms with Crippen molar-refractivity contribution in [1.29, 1.82) is 0 Å². The molecule has 0 saturated carbocycles. The van der Waals surface area contributed by atoms with E-state index in [-0.39, 0.29) is 24.6 Å². The van der Waals surface area contributed by atoms with Crippen LogP contribution in [0, 0.1) is 0 Å². The lowest BCUT2D eigenvalue weighted by Crippen LogP contribution is -2.47. The number of hydrogen-bond donors (Lipinski definition) is 2. The summed E-state index contributed by atoms with van der Waals surface area (Å²) in [5, 5.41) is 9.18. The van der Waals surface area contributed by atoms with Crippen molar-refractivity contribution in [2.24, 2.45) is 5.73 Å². The van der Waals surface area contributed by atoms with Crippen molar-refractivity contribution in [1.82, 2.24) is 4.90 Å². The molecule has 1 aliphatic heterocycles. The number of hydrogen-bond acceptors (Lipinski definition) is 3. The van der Waals surface area contributed by atoms with Gasteiger partial charge in [0, 0.05) is 19.0 Å². The first-order valence-corrected chi connectivity index (χ1v) is 5.85. The Bertz CT molecular complexity index is 209. The van der Waals surface area contributed by atoms with E-state index < -0.39 is 0 Å². The van der Waals surface area contributed by atoms with E-state index in [1.54, 1.807) is 4.90 Å². The summed E-state index contributed by atoms with van der Waals surface area (Å²) >= 11 is 0. The largest absolute Gasteiger partial charge is 0.394 e. The Hall–Kier alpha value is -0.610. The quantitative estimate of drug-likeness (QED) is 0.715. The Morgan fingerprint density at radius 2 is 2.33 bits per heavy atom. The zero-order valence-corrected chi connectivity index (χ0v) is 9.48. The van der Waals surface area contributed by atoms with Crippen LogP contribution in [-0.4, -0.2) is 41.1 Å². The molecule has 2 unspecified atom stereocenters. The van der Waals surface area contributed by atoms with Crippen LogP contribution in [0.4, 0.5) is 0 Å². The Balaban J connectivity index is 2.48. The maximum absolute atomic E-state index is 11.9. The van der Waals surface area contributed by atoms with Gasteiger partial charge in [0.05, 0.1) is 12.6 Å². The molecule has 0 radical (unpaired) electrons. The van der Waals surface area contributed by atoms with Crippen molar-refractivity contribution in [3.8, 4) is 0 Å². The van der Waals surface area contributed by atoms with Crippen LogP contribution < -0.4 is 5.73 Å². The molecule has 0 aliphatic carbocycles. The second kappa shape index (κ2) is 6.08. The number of likely N-dealkylation sites (tertiary alicyclic amines) is 1. The zero-order valence-electron chi connectivity index (χ0n) is 9.48. The summed E-state index contributed by atoms with van der Waals surface area (Å²) in [4.78, 5) is 13.7. The fourth-order valence-electron chi connectivity index (χ4n) is 2.00. The van der Waals surface area contributed by atoms with Gasteiger partial charge in [0.25, 0.3) is 0 Å². The molecule has 4 heteroatoms. The van der Waals surface area contributed by atoms with Crippen LogP contribution >= 0.6 is 0 Å². The van der Waals surface area contributed by atoms with E-state index in [0.29, 0.717) is 6.42 Å². The molecule has 0 aromatic heterocycles. The number of amides is 1. The molecule has 2 atom stereocenters. The molecule has 4 nitrogen and oxygen atoms in total. The number of aliphatic hydroxyl groups is 1. The molecule has 0 aromatic carbocycles. The lowest BCUT2D eigenvalue weighted by atomic mass is 10.0. The SMILES string of the molecule is CCC(N)CC(=O)N1CCCCC1CO. The fraction of sp³-hybridized carbons (Fsp3) is 0.909. The molecule has 88 valence electrons. The number of rotatable bonds is 4. The minimum atomic E-state index is -0.0428. The molecule has 1 rings (SSSR count). The van der Waals surface area contributed by atoms with Gasteiger partial charge in [-0.2, -0.15) is 0 Å². The third-order valence-corrected chi connectivity index (χ3v) is 3.12. The van der Waals surface area contributed by atoms with E-state index in [2.05, 4.69) is 0 Å². The maximum Gasteiger partial charge on any atom is 0.224 e. The first-order chi connectivity index (χ1) is 7.19. The van der Waals surface area contributed by atoms with Gasteiger partial charge in [0.1, 0.15) is 0 Å². The Labute approximate surface area is 91.4 Å². The molecule has 0 aromatic rings. The molecule has 15 heavy (non-hydrogen) atoms. The Morgan fingerprint density at radius 1 is 1.60 bits per heavy atom. The van der Waals surface area contributed by atoms with E-state index in [9.17, 15) is 9.90 Å². The first-order valence-electron chi connectivity index (χ1n) is 5.85. The van der Waals surface area contributed by atoms with E-state index in [0.717, 1.165) is 32.2 Å². The third kappa shape index (κ3) is 3.47. The fourth-order valence-corrected chi connectivity index (χ4v) is 2.00. The van der Waals surface area contributed by atoms with Crippen molar-refractivity contribution >= 4 is 5.91 Å². The number of nitrogens with two attached hydrogens (primary N) is 1. The third-order valence-electron chi connectivity index (χ3n) is 3.12. The summed E-state index contributed by atoms with van der Waals surface area (Å²) in [6.07, 6.45) is 4.30. The topological polar surface area (TPSA) is 66.6 Å². The van der Waals surface area contributed by atoms with Crippen molar-refractivity contribution < 1.29 is 9.90 Å². The lowest BCUT2D eigenvalue weighted by molar-refractivity contribution is -0.136. The second-order valence-corrected chi connectivity index (χ2v) is 4.29. The highest BCUT2D eigenvalue weighted by Crippen LogP contribution is 2.17. The van der Waals surface area contributed by atoms with Crippen molar-refractivity contribution in [3.63, 3.8) is 0 Å². The van der Waals surface area contributed by atoms with Crippen molar-refractivity contribution in [2.45, 2.75) is 51.1 Å². The van der Waals surface area contributed by atoms with Gasteiger partial charge in [-0.25, -0.2) is 0 Å². The van der Waals surface area contributed by atoms with Crippen molar-refractivity contribution in [2.75, 3.05) is 13.2 Å². The molecule has 1 aliphatic rings. The summed E-state index contributed by atoms with van der Waals surface area (Å²) in [5.74, 6) is 0.100. The zero-order chi connectivity index (χ0) is 11.3. The van der Waals surface area contributed by atoms with Crippen LogP contribution in [0.3, 0.4) is 0 Å². The minimum Gasteiger partial charge on any atom is -0.394 e. The van der Waals surface area contributed by atoms with Gasteiger partial charge in [-0.05, 0) is 25.7 Å². The number of nitrogens with zero attached hydrogens (tertiary/aromatic N) is 1. The molecule has 1 saturated heterocycles. The predicted octanol–water partition coefficient (Wildman–Crippen LogP) is 0.487. The van der Waals surface area contributed by atoms with Gasteiger partial charge < -0.3 is 15.7 Å². The van der Waals surface area contributed by atoms with Gasteiger partial charge in [-0.3, -0.25) is 4.79 Å². The molecule has 1 amide bonds. The molecule has 1 heterocycles. The second-order valence-electron chi connectivity index (χ2n) is 4.29. The van der Waals surface area contributed by atoms with Crippen LogP contribution in [0.15, 0.2) is 0 Å². The van der Waals surface area contributed by atoms with Crippen LogP contribution in [0.5, 0.6) is 0 Å². The number of piperidine rings is 1. The average Bonchev–Trinajstić information content (AvgIpc) is 2.28. The van der Waals surface area contributed by atoms with E-state index in [1.165, 1.54) is 0 Å². The van der Waals surface area contributed by atoms with Gasteiger partial charge >= 0.3 is 0 Å². The Kier molecular flexibility index (Phi) is 5.05. The number of aliphatic hydroxyl groups excluding tert-OH is 1.